The molecule has 0 saturated heterocycles. The average molecular weight is 760 g/mol. The molecule has 0 atom stereocenters. The van der Waals surface area contributed by atoms with Crippen LogP contribution in [0.25, 0.3) is 0 Å². The molecule has 26 heavy (non-hydrogen) atoms. The Hall–Kier alpha value is -2.19. The van der Waals surface area contributed by atoms with Crippen molar-refractivity contribution in [1.29, 1.82) is 0 Å². The molecule has 136 valence electrons. The van der Waals surface area contributed by atoms with Crippen LogP contribution in [0, 0.1) is 0 Å². The molecule has 0 unspecified atom stereocenters. The fourth-order valence-electron chi connectivity index (χ4n) is 0.408. The molecule has 0 heterocycles. The van der Waals surface area contributed by atoms with Crippen LogP contribution < -0.4 is 30.6 Å². The first-order valence-electron chi connectivity index (χ1n) is 5.18. The van der Waals surface area contributed by atoms with Crippen LogP contribution in [0.4, 0.5) is 0 Å². The summed E-state index contributed by atoms with van der Waals surface area (Å²) in [5, 5.41) is 56.5. The van der Waals surface area contributed by atoms with Gasteiger partial charge in [0.15, 0.2) is 0 Å². The third kappa shape index (κ3) is 57.6. The zero-order valence-corrected chi connectivity index (χ0v) is 19.2. The van der Waals surface area contributed by atoms with E-state index in [2.05, 4.69) is 0 Å². The van der Waals surface area contributed by atoms with E-state index in [4.69, 9.17) is 0 Å². The van der Waals surface area contributed by atoms with Gasteiger partial charge in [0.2, 0.25) is 0 Å². The Labute approximate surface area is 183 Å². The maximum atomic E-state index is 9.41. The van der Waals surface area contributed by atoms with Crippen molar-refractivity contribution >= 4 is 88.2 Å². The van der Waals surface area contributed by atoms with Crippen molar-refractivity contribution in [2.75, 3.05) is 0 Å². The number of rotatable bonds is 6. The van der Waals surface area contributed by atoms with Gasteiger partial charge in [0.1, 0.15) is 0 Å². The molecule has 0 aromatic heterocycles. The van der Waals surface area contributed by atoms with Gasteiger partial charge in [-0.3, -0.25) is 0 Å². The number of carbonyl (C=O) groups is 6. The van der Waals surface area contributed by atoms with Gasteiger partial charge in [0.05, 0.1) is 35.8 Å². The number of carbonyl (C=O) groups excluding carboxylic acids is 6. The van der Waals surface area contributed by atoms with Crippen LogP contribution in [0.1, 0.15) is 0 Å². The molecular formula is C12H6Bi2O12. The monoisotopic (exact) mass is 760 g/mol. The molecule has 0 aliphatic rings. The second-order valence-corrected chi connectivity index (χ2v) is 2.91. The van der Waals surface area contributed by atoms with E-state index < -0.39 is 35.8 Å². The van der Waals surface area contributed by atoms with Gasteiger partial charge in [-0.1, -0.05) is 0 Å². The molecule has 0 bridgehead atoms. The molecule has 0 aromatic rings. The Morgan fingerprint density at radius 1 is 0.346 bits per heavy atom. The number of aliphatic carboxylic acids is 6. The van der Waals surface area contributed by atoms with Gasteiger partial charge in [-0.2, -0.15) is 0 Å². The van der Waals surface area contributed by atoms with E-state index in [1.54, 1.807) is 0 Å². The Balaban J connectivity index is -0.0000000817. The van der Waals surface area contributed by atoms with Crippen LogP contribution in [0.3, 0.4) is 0 Å². The van der Waals surface area contributed by atoms with Crippen molar-refractivity contribution in [2.24, 2.45) is 0 Å². The van der Waals surface area contributed by atoms with E-state index in [1.165, 1.54) is 0 Å². The molecule has 4 radical (unpaired) electrons. The summed E-state index contributed by atoms with van der Waals surface area (Å²) in [4.78, 5) is 56.5. The first-order valence-corrected chi connectivity index (χ1v) is 5.18. The van der Waals surface area contributed by atoms with E-state index >= 15 is 0 Å². The SMILES string of the molecule is O=C([O-])/C=C/C(=O)[O-].O=C([O-])/C=C/C(=O)[O-].O=C([O-])/C=C/C(=O)[O-].[Bi+3].[Bi+3]. The molecule has 0 aliphatic heterocycles. The largest absolute Gasteiger partial charge is 3.00 e. The second kappa shape index (κ2) is 22.8. The molecule has 0 N–H and O–H groups in total. The maximum Gasteiger partial charge on any atom is 3.00 e. The zero-order valence-electron chi connectivity index (χ0n) is 12.3. The van der Waals surface area contributed by atoms with Gasteiger partial charge in [-0.05, 0) is 36.5 Å². The Kier molecular flexibility index (Phi) is 30.7. The Morgan fingerprint density at radius 3 is 0.462 bits per heavy atom. The fraction of sp³-hybridized carbons (Fsp3) is 0. The molecule has 14 heteroatoms. The quantitative estimate of drug-likeness (QED) is 0.181. The van der Waals surface area contributed by atoms with Gasteiger partial charge >= 0.3 is 52.4 Å². The molecule has 0 saturated carbocycles. The zero-order chi connectivity index (χ0) is 19.7. The fourth-order valence-corrected chi connectivity index (χ4v) is 0.408. The van der Waals surface area contributed by atoms with Crippen molar-refractivity contribution in [3.63, 3.8) is 0 Å². The molecule has 0 spiro atoms. The first kappa shape index (κ1) is 35.0. The van der Waals surface area contributed by atoms with E-state index in [1.807, 2.05) is 0 Å². The van der Waals surface area contributed by atoms with E-state index in [0.717, 1.165) is 0 Å². The normalized spacial score (nSPS) is 8.77. The summed E-state index contributed by atoms with van der Waals surface area (Å²) in [6.45, 7) is 0. The van der Waals surface area contributed by atoms with Gasteiger partial charge in [-0.25, -0.2) is 0 Å². The summed E-state index contributed by atoms with van der Waals surface area (Å²) in [6.07, 6.45) is 2.31. The van der Waals surface area contributed by atoms with Crippen molar-refractivity contribution < 1.29 is 59.4 Å². The first-order chi connectivity index (χ1) is 10.9. The van der Waals surface area contributed by atoms with Gasteiger partial charge < -0.3 is 59.4 Å². The van der Waals surface area contributed by atoms with Gasteiger partial charge in [-0.15, -0.1) is 0 Å². The summed E-state index contributed by atoms with van der Waals surface area (Å²) in [5.41, 5.74) is 0. The molecule has 0 fully saturated rings. The minimum absolute atomic E-state index is 0. The third-order valence-electron chi connectivity index (χ3n) is 1.07. The molecule has 0 amide bonds. The summed E-state index contributed by atoms with van der Waals surface area (Å²) in [7, 11) is 0. The summed E-state index contributed by atoms with van der Waals surface area (Å²) < 4.78 is 0. The number of hydrogen-bond acceptors (Lipinski definition) is 12. The molecule has 0 rings (SSSR count). The van der Waals surface area contributed by atoms with Crippen molar-refractivity contribution in [1.82, 2.24) is 0 Å². The van der Waals surface area contributed by atoms with Crippen molar-refractivity contribution in [2.45, 2.75) is 0 Å². The average Bonchev–Trinajstić information content (AvgIpc) is 2.42. The minimum atomic E-state index is -1.55. The number of carboxylic acid groups (broad SMARTS) is 6. The van der Waals surface area contributed by atoms with Gasteiger partial charge in [0.25, 0.3) is 0 Å². The summed E-state index contributed by atoms with van der Waals surface area (Å²) in [5.74, 6) is -9.28. The van der Waals surface area contributed by atoms with E-state index in [-0.39, 0.29) is 52.4 Å². The van der Waals surface area contributed by atoms with E-state index in [9.17, 15) is 59.4 Å². The van der Waals surface area contributed by atoms with Crippen LogP contribution in [0.15, 0.2) is 36.5 Å². The Bertz CT molecular complexity index is 448. The van der Waals surface area contributed by atoms with Crippen LogP contribution in [0.2, 0.25) is 0 Å². The summed E-state index contributed by atoms with van der Waals surface area (Å²) >= 11 is 0. The molecule has 0 aliphatic carbocycles. The number of carboxylic acids is 6. The maximum absolute atomic E-state index is 9.41. The molecule has 12 nitrogen and oxygen atoms in total. The van der Waals surface area contributed by atoms with Crippen LogP contribution in [-0.2, 0) is 28.8 Å². The molecular weight excluding hydrogens is 754 g/mol. The van der Waals surface area contributed by atoms with Gasteiger partial charge in [0, 0.05) is 0 Å². The topological polar surface area (TPSA) is 241 Å². The number of hydrogen-bond donors (Lipinski definition) is 0. The minimum Gasteiger partial charge on any atom is -0.545 e. The predicted molar refractivity (Wildman–Crippen MR) is 69.0 cm³/mol. The smallest absolute Gasteiger partial charge is 0.545 e. The predicted octanol–water partition coefficient (Wildman–Crippen LogP) is -9.63. The van der Waals surface area contributed by atoms with Crippen LogP contribution >= 0.6 is 0 Å². The Morgan fingerprint density at radius 2 is 0.423 bits per heavy atom. The second-order valence-electron chi connectivity index (χ2n) is 2.91. The summed E-state index contributed by atoms with van der Waals surface area (Å²) in [6, 6.07) is 0. The van der Waals surface area contributed by atoms with Crippen LogP contribution in [-0.4, -0.2) is 88.2 Å². The van der Waals surface area contributed by atoms with Crippen LogP contribution in [0.5, 0.6) is 0 Å². The standard InChI is InChI=1S/3C4H4O4.2Bi/c3*5-3(6)1-2-4(7)8;;/h3*1-2H,(H,5,6)(H,7,8);;/q;;;2*+3/p-6/b3*2-1+;;. The van der Waals surface area contributed by atoms with Crippen molar-refractivity contribution in [3.8, 4) is 0 Å². The third-order valence-corrected chi connectivity index (χ3v) is 1.07. The van der Waals surface area contributed by atoms with Crippen molar-refractivity contribution in [3.05, 3.63) is 36.5 Å². The molecule has 0 aromatic carbocycles. The van der Waals surface area contributed by atoms with E-state index in [0.29, 0.717) is 36.5 Å².